The fraction of sp³-hybridized carbons (Fsp3) is 0.235. The monoisotopic (exact) mass is 370 g/mol. The molecular weight excluding hydrogens is 352 g/mol. The third-order valence-electron chi connectivity index (χ3n) is 3.52. The van der Waals surface area contributed by atoms with Crippen molar-refractivity contribution in [3.63, 3.8) is 0 Å². The fourth-order valence-corrected chi connectivity index (χ4v) is 2.97. The molecule has 0 saturated heterocycles. The number of pyridine rings is 2. The first-order valence-corrected chi connectivity index (χ1v) is 8.88. The van der Waals surface area contributed by atoms with Crippen LogP contribution in [0.25, 0.3) is 10.7 Å². The Balaban J connectivity index is 1.68. The van der Waals surface area contributed by atoms with Gasteiger partial charge in [0, 0.05) is 38.3 Å². The maximum atomic E-state index is 12.6. The van der Waals surface area contributed by atoms with Crippen LogP contribution in [0.15, 0.2) is 48.9 Å². The molecule has 0 spiro atoms. The lowest BCUT2D eigenvalue weighted by atomic mass is 10.2. The smallest absolute Gasteiger partial charge is 0.323 e. The molecule has 3 heterocycles. The summed E-state index contributed by atoms with van der Waals surface area (Å²) >= 11 is 1.26. The predicted molar refractivity (Wildman–Crippen MR) is 98.5 cm³/mol. The number of hydrogen-bond acceptors (Lipinski definition) is 7. The van der Waals surface area contributed by atoms with Crippen molar-refractivity contribution >= 4 is 22.5 Å². The van der Waals surface area contributed by atoms with E-state index in [-0.39, 0.29) is 12.6 Å². The first kappa shape index (κ1) is 17.9. The van der Waals surface area contributed by atoms with Crippen molar-refractivity contribution in [3.05, 3.63) is 54.5 Å². The van der Waals surface area contributed by atoms with Gasteiger partial charge in [-0.15, -0.1) is 10.2 Å². The third-order valence-corrected chi connectivity index (χ3v) is 4.38. The molecule has 0 unspecified atom stereocenters. The Bertz CT molecular complexity index is 828. The average molecular weight is 370 g/mol. The standard InChI is InChI=1S/C17H18N6O2S/c24-11-3-10-23(12-13-5-8-18-9-6-13)17(25)20-16-22-21-15(26-16)14-4-1-2-7-19-14/h1-2,4-9,24H,3,10-12H2,(H,20,22,25). The van der Waals surface area contributed by atoms with Gasteiger partial charge in [0.25, 0.3) is 0 Å². The van der Waals surface area contributed by atoms with E-state index in [1.807, 2.05) is 30.3 Å². The summed E-state index contributed by atoms with van der Waals surface area (Å²) in [6.45, 7) is 0.861. The van der Waals surface area contributed by atoms with Gasteiger partial charge in [0.15, 0.2) is 5.01 Å². The molecule has 0 atom stereocenters. The van der Waals surface area contributed by atoms with Crippen LogP contribution in [-0.4, -0.2) is 49.4 Å². The van der Waals surface area contributed by atoms with Crippen LogP contribution in [0.3, 0.4) is 0 Å². The van der Waals surface area contributed by atoms with Gasteiger partial charge in [0.2, 0.25) is 5.13 Å². The van der Waals surface area contributed by atoms with Gasteiger partial charge >= 0.3 is 6.03 Å². The molecule has 2 amide bonds. The van der Waals surface area contributed by atoms with Gasteiger partial charge in [0.05, 0.1) is 0 Å². The minimum absolute atomic E-state index is 0.0166. The molecule has 3 aromatic rings. The Morgan fingerprint density at radius 2 is 2.00 bits per heavy atom. The molecule has 3 aromatic heterocycles. The number of aromatic nitrogens is 4. The number of amides is 2. The normalized spacial score (nSPS) is 10.5. The van der Waals surface area contributed by atoms with Gasteiger partial charge in [-0.25, -0.2) is 4.79 Å². The lowest BCUT2D eigenvalue weighted by Gasteiger charge is -2.22. The molecule has 134 valence electrons. The summed E-state index contributed by atoms with van der Waals surface area (Å²) in [4.78, 5) is 22.4. The molecule has 3 rings (SSSR count). The van der Waals surface area contributed by atoms with E-state index in [1.54, 1.807) is 23.5 Å². The summed E-state index contributed by atoms with van der Waals surface area (Å²) in [5, 5.41) is 21.0. The summed E-state index contributed by atoms with van der Waals surface area (Å²) < 4.78 is 0. The minimum atomic E-state index is -0.293. The van der Waals surface area contributed by atoms with Gasteiger partial charge in [-0.05, 0) is 36.2 Å². The molecule has 0 aliphatic rings. The van der Waals surface area contributed by atoms with Crippen molar-refractivity contribution in [1.29, 1.82) is 0 Å². The van der Waals surface area contributed by atoms with E-state index in [2.05, 4.69) is 25.5 Å². The molecule has 0 saturated carbocycles. The van der Waals surface area contributed by atoms with Gasteiger partial charge in [-0.3, -0.25) is 15.3 Å². The Labute approximate surface area is 154 Å². The lowest BCUT2D eigenvalue weighted by molar-refractivity contribution is 0.199. The summed E-state index contributed by atoms with van der Waals surface area (Å²) in [6.07, 6.45) is 5.54. The van der Waals surface area contributed by atoms with Crippen LogP contribution in [0.5, 0.6) is 0 Å². The van der Waals surface area contributed by atoms with Crippen molar-refractivity contribution in [3.8, 4) is 10.7 Å². The molecule has 0 fully saturated rings. The second-order valence-corrected chi connectivity index (χ2v) is 6.39. The van der Waals surface area contributed by atoms with E-state index >= 15 is 0 Å². The van der Waals surface area contributed by atoms with E-state index in [4.69, 9.17) is 5.11 Å². The Kier molecular flexibility index (Phi) is 6.18. The second kappa shape index (κ2) is 8.97. The van der Waals surface area contributed by atoms with E-state index < -0.39 is 0 Å². The molecule has 0 bridgehead atoms. The molecule has 0 radical (unpaired) electrons. The Hall–Kier alpha value is -2.91. The molecule has 2 N–H and O–H groups in total. The molecule has 0 aromatic carbocycles. The topological polar surface area (TPSA) is 104 Å². The highest BCUT2D eigenvalue weighted by atomic mass is 32.1. The summed E-state index contributed by atoms with van der Waals surface area (Å²) in [5.74, 6) is 0. The summed E-state index contributed by atoms with van der Waals surface area (Å²) in [5.41, 5.74) is 1.67. The van der Waals surface area contributed by atoms with Crippen molar-refractivity contribution < 1.29 is 9.90 Å². The number of anilines is 1. The number of aliphatic hydroxyl groups excluding tert-OH is 1. The van der Waals surface area contributed by atoms with Crippen LogP contribution in [0.4, 0.5) is 9.93 Å². The van der Waals surface area contributed by atoms with Gasteiger partial charge < -0.3 is 10.0 Å². The SMILES string of the molecule is O=C(Nc1nnc(-c2ccccn2)s1)N(CCCO)Cc1ccncc1. The van der Waals surface area contributed by atoms with Crippen LogP contribution in [0.1, 0.15) is 12.0 Å². The zero-order valence-electron chi connectivity index (χ0n) is 13.9. The number of hydrogen-bond donors (Lipinski definition) is 2. The van der Waals surface area contributed by atoms with Crippen molar-refractivity contribution in [2.24, 2.45) is 0 Å². The van der Waals surface area contributed by atoms with Crippen LogP contribution in [0, 0.1) is 0 Å². The minimum Gasteiger partial charge on any atom is -0.396 e. The first-order chi connectivity index (χ1) is 12.8. The van der Waals surface area contributed by atoms with Gasteiger partial charge in [-0.2, -0.15) is 0 Å². The highest BCUT2D eigenvalue weighted by molar-refractivity contribution is 7.18. The number of urea groups is 1. The highest BCUT2D eigenvalue weighted by Crippen LogP contribution is 2.24. The Morgan fingerprint density at radius 1 is 1.15 bits per heavy atom. The third kappa shape index (κ3) is 4.80. The fourth-order valence-electron chi connectivity index (χ4n) is 2.26. The average Bonchev–Trinajstić information content (AvgIpc) is 3.15. The van der Waals surface area contributed by atoms with E-state index in [9.17, 15) is 4.79 Å². The van der Waals surface area contributed by atoms with Crippen LogP contribution < -0.4 is 5.32 Å². The maximum absolute atomic E-state index is 12.6. The number of nitrogens with zero attached hydrogens (tertiary/aromatic N) is 5. The Morgan fingerprint density at radius 3 is 2.73 bits per heavy atom. The van der Waals surface area contributed by atoms with E-state index in [1.165, 1.54) is 11.3 Å². The molecule has 9 heteroatoms. The van der Waals surface area contributed by atoms with E-state index in [0.717, 1.165) is 5.56 Å². The van der Waals surface area contributed by atoms with Crippen LogP contribution in [-0.2, 0) is 6.54 Å². The maximum Gasteiger partial charge on any atom is 0.323 e. The highest BCUT2D eigenvalue weighted by Gasteiger charge is 2.16. The lowest BCUT2D eigenvalue weighted by Crippen LogP contribution is -2.35. The van der Waals surface area contributed by atoms with Crippen molar-refractivity contribution in [2.45, 2.75) is 13.0 Å². The quantitative estimate of drug-likeness (QED) is 0.662. The number of carbonyl (C=O) groups is 1. The van der Waals surface area contributed by atoms with Gasteiger partial charge in [0.1, 0.15) is 5.69 Å². The van der Waals surface area contributed by atoms with Crippen molar-refractivity contribution in [2.75, 3.05) is 18.5 Å². The molecule has 8 nitrogen and oxygen atoms in total. The molecular formula is C17H18N6O2S. The van der Waals surface area contributed by atoms with Crippen molar-refractivity contribution in [1.82, 2.24) is 25.1 Å². The molecule has 0 aliphatic carbocycles. The first-order valence-electron chi connectivity index (χ1n) is 8.07. The zero-order valence-corrected chi connectivity index (χ0v) is 14.8. The number of carbonyl (C=O) groups excluding carboxylic acids is 1. The van der Waals surface area contributed by atoms with Crippen LogP contribution >= 0.6 is 11.3 Å². The molecule has 0 aliphatic heterocycles. The summed E-state index contributed by atoms with van der Waals surface area (Å²) in [6, 6.07) is 8.94. The largest absolute Gasteiger partial charge is 0.396 e. The van der Waals surface area contributed by atoms with Gasteiger partial charge in [-0.1, -0.05) is 17.4 Å². The van der Waals surface area contributed by atoms with Crippen LogP contribution in [0.2, 0.25) is 0 Å². The zero-order chi connectivity index (χ0) is 18.2. The second-order valence-electron chi connectivity index (χ2n) is 5.41. The summed E-state index contributed by atoms with van der Waals surface area (Å²) in [7, 11) is 0. The van der Waals surface area contributed by atoms with E-state index in [0.29, 0.717) is 35.3 Å². The number of aliphatic hydroxyl groups is 1. The molecule has 26 heavy (non-hydrogen) atoms. The number of rotatable bonds is 7. The predicted octanol–water partition coefficient (Wildman–Crippen LogP) is 2.41. The number of nitrogens with one attached hydrogen (secondary N) is 1.